The van der Waals surface area contributed by atoms with Gasteiger partial charge in [-0.25, -0.2) is 0 Å². The lowest BCUT2D eigenvalue weighted by Gasteiger charge is -1.94. The molecule has 0 spiro atoms. The Bertz CT molecular complexity index is 387. The molecule has 1 N–H and O–H groups in total. The first-order valence-electron chi connectivity index (χ1n) is 3.27. The van der Waals surface area contributed by atoms with Gasteiger partial charge in [0.25, 0.3) is 0 Å². The summed E-state index contributed by atoms with van der Waals surface area (Å²) in [5, 5.41) is 17.6. The standard InChI is InChI=1S/C8H6N2O/c11-7-1-2-8-6(5-7)3-4-9-10-8/h1-5,11H. The van der Waals surface area contributed by atoms with E-state index in [1.807, 2.05) is 6.07 Å². The summed E-state index contributed by atoms with van der Waals surface area (Å²) in [5.41, 5.74) is 0.797. The van der Waals surface area contributed by atoms with Gasteiger partial charge in [-0.05, 0) is 24.3 Å². The normalized spacial score (nSPS) is 10.2. The Labute approximate surface area is 63.3 Å². The van der Waals surface area contributed by atoms with E-state index >= 15 is 0 Å². The largest absolute Gasteiger partial charge is 0.508 e. The number of fused-ring (bicyclic) bond motifs is 1. The SMILES string of the molecule is Oc1ccc2nnccc2c1. The summed E-state index contributed by atoms with van der Waals surface area (Å²) in [6.07, 6.45) is 1.60. The zero-order valence-electron chi connectivity index (χ0n) is 5.73. The lowest BCUT2D eigenvalue weighted by Crippen LogP contribution is -1.80. The quantitative estimate of drug-likeness (QED) is 0.610. The lowest BCUT2D eigenvalue weighted by atomic mass is 10.2. The monoisotopic (exact) mass is 146 g/mol. The maximum atomic E-state index is 9.08. The molecule has 0 fully saturated rings. The molecule has 0 saturated carbocycles. The van der Waals surface area contributed by atoms with Crippen molar-refractivity contribution in [2.45, 2.75) is 0 Å². The van der Waals surface area contributed by atoms with Crippen molar-refractivity contribution in [3.63, 3.8) is 0 Å². The van der Waals surface area contributed by atoms with Gasteiger partial charge in [-0.2, -0.15) is 10.2 Å². The van der Waals surface area contributed by atoms with Gasteiger partial charge >= 0.3 is 0 Å². The van der Waals surface area contributed by atoms with E-state index in [9.17, 15) is 0 Å². The first kappa shape index (κ1) is 6.09. The molecule has 1 aromatic carbocycles. The van der Waals surface area contributed by atoms with E-state index in [1.165, 1.54) is 0 Å². The van der Waals surface area contributed by atoms with Gasteiger partial charge in [0.15, 0.2) is 0 Å². The Morgan fingerprint density at radius 3 is 3.00 bits per heavy atom. The molecule has 0 amide bonds. The van der Waals surface area contributed by atoms with Gasteiger partial charge in [0, 0.05) is 5.39 Å². The summed E-state index contributed by atoms with van der Waals surface area (Å²) < 4.78 is 0. The number of phenols is 1. The van der Waals surface area contributed by atoms with Crippen LogP contribution in [0.2, 0.25) is 0 Å². The highest BCUT2D eigenvalue weighted by Crippen LogP contribution is 2.15. The molecule has 0 atom stereocenters. The smallest absolute Gasteiger partial charge is 0.116 e. The summed E-state index contributed by atoms with van der Waals surface area (Å²) in [6, 6.07) is 6.79. The van der Waals surface area contributed by atoms with Crippen molar-refractivity contribution in [2.75, 3.05) is 0 Å². The molecular formula is C8H6N2O. The number of aromatic hydroxyl groups is 1. The second kappa shape index (κ2) is 2.20. The van der Waals surface area contributed by atoms with E-state index in [0.29, 0.717) is 0 Å². The number of benzene rings is 1. The minimum atomic E-state index is 0.255. The van der Waals surface area contributed by atoms with Gasteiger partial charge in [-0.3, -0.25) is 0 Å². The number of phenolic OH excluding ortho intramolecular Hbond substituents is 1. The number of nitrogens with zero attached hydrogens (tertiary/aromatic N) is 2. The van der Waals surface area contributed by atoms with Crippen LogP contribution in [0.3, 0.4) is 0 Å². The molecule has 0 unspecified atom stereocenters. The Hall–Kier alpha value is -1.64. The maximum Gasteiger partial charge on any atom is 0.116 e. The van der Waals surface area contributed by atoms with E-state index in [0.717, 1.165) is 10.9 Å². The molecule has 2 rings (SSSR count). The molecule has 3 heteroatoms. The van der Waals surface area contributed by atoms with Crippen LogP contribution < -0.4 is 0 Å². The van der Waals surface area contributed by atoms with Crippen LogP contribution in [-0.2, 0) is 0 Å². The second-order valence-corrected chi connectivity index (χ2v) is 2.27. The van der Waals surface area contributed by atoms with Crippen LogP contribution in [0.1, 0.15) is 0 Å². The molecule has 3 nitrogen and oxygen atoms in total. The number of hydrogen-bond donors (Lipinski definition) is 1. The molecule has 0 aliphatic carbocycles. The van der Waals surface area contributed by atoms with Crippen LogP contribution in [0, 0.1) is 0 Å². The molecule has 0 bridgehead atoms. The molecule has 0 radical (unpaired) electrons. The average molecular weight is 146 g/mol. The van der Waals surface area contributed by atoms with E-state index in [-0.39, 0.29) is 5.75 Å². The highest BCUT2D eigenvalue weighted by molar-refractivity contribution is 5.78. The van der Waals surface area contributed by atoms with Crippen molar-refractivity contribution in [3.05, 3.63) is 30.5 Å². The van der Waals surface area contributed by atoms with Crippen molar-refractivity contribution < 1.29 is 5.11 Å². The molecule has 11 heavy (non-hydrogen) atoms. The topological polar surface area (TPSA) is 46.0 Å². The van der Waals surface area contributed by atoms with Gasteiger partial charge in [-0.15, -0.1) is 0 Å². The summed E-state index contributed by atoms with van der Waals surface area (Å²) in [6.45, 7) is 0. The maximum absolute atomic E-state index is 9.08. The summed E-state index contributed by atoms with van der Waals surface area (Å²) in [7, 11) is 0. The van der Waals surface area contributed by atoms with Crippen LogP contribution in [0.25, 0.3) is 10.9 Å². The number of rotatable bonds is 0. The Morgan fingerprint density at radius 2 is 2.09 bits per heavy atom. The van der Waals surface area contributed by atoms with Crippen molar-refractivity contribution in [1.82, 2.24) is 10.2 Å². The first-order valence-corrected chi connectivity index (χ1v) is 3.27. The predicted octanol–water partition coefficient (Wildman–Crippen LogP) is 1.34. The Kier molecular flexibility index (Phi) is 1.22. The molecule has 54 valence electrons. The third kappa shape index (κ3) is 1.00. The van der Waals surface area contributed by atoms with Gasteiger partial charge in [-0.1, -0.05) is 0 Å². The molecule has 0 aliphatic heterocycles. The van der Waals surface area contributed by atoms with Crippen LogP contribution in [0.4, 0.5) is 0 Å². The molecule has 0 saturated heterocycles. The van der Waals surface area contributed by atoms with Gasteiger partial charge in [0.05, 0.1) is 11.7 Å². The van der Waals surface area contributed by atoms with E-state index < -0.39 is 0 Å². The molecule has 2 aromatic rings. The fourth-order valence-electron chi connectivity index (χ4n) is 0.976. The summed E-state index contributed by atoms with van der Waals surface area (Å²) in [5.74, 6) is 0.255. The highest BCUT2D eigenvalue weighted by Gasteiger charge is 1.93. The Balaban J connectivity index is 2.83. The molecule has 1 heterocycles. The first-order chi connectivity index (χ1) is 5.36. The third-order valence-electron chi connectivity index (χ3n) is 1.50. The van der Waals surface area contributed by atoms with Gasteiger partial charge in [0.1, 0.15) is 5.75 Å². The van der Waals surface area contributed by atoms with Crippen LogP contribution in [0.5, 0.6) is 5.75 Å². The molecule has 1 aromatic heterocycles. The average Bonchev–Trinajstić information content (AvgIpc) is 2.04. The lowest BCUT2D eigenvalue weighted by molar-refractivity contribution is 0.476. The summed E-state index contributed by atoms with van der Waals surface area (Å²) in [4.78, 5) is 0. The fourth-order valence-corrected chi connectivity index (χ4v) is 0.976. The van der Waals surface area contributed by atoms with Crippen LogP contribution in [-0.4, -0.2) is 15.3 Å². The van der Waals surface area contributed by atoms with Crippen molar-refractivity contribution in [3.8, 4) is 5.75 Å². The van der Waals surface area contributed by atoms with Crippen LogP contribution in [0.15, 0.2) is 30.5 Å². The fraction of sp³-hybridized carbons (Fsp3) is 0. The van der Waals surface area contributed by atoms with E-state index in [1.54, 1.807) is 24.4 Å². The van der Waals surface area contributed by atoms with Crippen molar-refractivity contribution in [1.29, 1.82) is 0 Å². The van der Waals surface area contributed by atoms with Crippen molar-refractivity contribution in [2.24, 2.45) is 0 Å². The molecule has 0 aliphatic rings. The van der Waals surface area contributed by atoms with Crippen molar-refractivity contribution >= 4 is 10.9 Å². The minimum absolute atomic E-state index is 0.255. The second-order valence-electron chi connectivity index (χ2n) is 2.27. The third-order valence-corrected chi connectivity index (χ3v) is 1.50. The van der Waals surface area contributed by atoms with Crippen LogP contribution >= 0.6 is 0 Å². The number of hydrogen-bond acceptors (Lipinski definition) is 3. The Morgan fingerprint density at radius 1 is 1.18 bits per heavy atom. The van der Waals surface area contributed by atoms with Gasteiger partial charge < -0.3 is 5.11 Å². The van der Waals surface area contributed by atoms with Gasteiger partial charge in [0.2, 0.25) is 0 Å². The minimum Gasteiger partial charge on any atom is -0.508 e. The van der Waals surface area contributed by atoms with E-state index in [4.69, 9.17) is 5.11 Å². The number of aromatic nitrogens is 2. The predicted molar refractivity (Wildman–Crippen MR) is 41.2 cm³/mol. The van der Waals surface area contributed by atoms with E-state index in [2.05, 4.69) is 10.2 Å². The highest BCUT2D eigenvalue weighted by atomic mass is 16.3. The zero-order chi connectivity index (χ0) is 7.68. The summed E-state index contributed by atoms with van der Waals surface area (Å²) >= 11 is 0. The molecular weight excluding hydrogens is 140 g/mol. The zero-order valence-corrected chi connectivity index (χ0v) is 5.73.